The molecule has 0 bridgehead atoms. The lowest BCUT2D eigenvalue weighted by Crippen LogP contribution is -2.43. The summed E-state index contributed by atoms with van der Waals surface area (Å²) in [5, 5.41) is 20.7. The Morgan fingerprint density at radius 1 is 1.27 bits per heavy atom. The molecule has 158 valence electrons. The van der Waals surface area contributed by atoms with Crippen molar-refractivity contribution in [3.63, 3.8) is 0 Å². The summed E-state index contributed by atoms with van der Waals surface area (Å²) >= 11 is 1.61. The van der Waals surface area contributed by atoms with E-state index in [-0.39, 0.29) is 12.2 Å². The van der Waals surface area contributed by atoms with E-state index in [1.807, 2.05) is 24.3 Å². The molecule has 0 radical (unpaired) electrons. The fourth-order valence-electron chi connectivity index (χ4n) is 3.79. The van der Waals surface area contributed by atoms with E-state index in [2.05, 4.69) is 6.07 Å². The quantitative estimate of drug-likeness (QED) is 0.623. The number of Topliss-reactive ketones (excluding diaryl/α,β-unsaturated/α-hetero) is 1. The molecule has 0 unspecified atom stereocenters. The van der Waals surface area contributed by atoms with Crippen molar-refractivity contribution in [2.75, 3.05) is 13.2 Å². The molecule has 1 fully saturated rings. The molecule has 0 saturated carbocycles. The Morgan fingerprint density at radius 2 is 2.07 bits per heavy atom. The second-order valence-electron chi connectivity index (χ2n) is 7.29. The van der Waals surface area contributed by atoms with Gasteiger partial charge in [0.2, 0.25) is 0 Å². The van der Waals surface area contributed by atoms with Gasteiger partial charge in [0.25, 0.3) is 0 Å². The van der Waals surface area contributed by atoms with Crippen LogP contribution in [0, 0.1) is 5.82 Å². The summed E-state index contributed by atoms with van der Waals surface area (Å²) in [7, 11) is 0. The number of hydrogen-bond donors (Lipinski definition) is 2. The smallest absolute Gasteiger partial charge is 0.192 e. The van der Waals surface area contributed by atoms with E-state index < -0.39 is 30.7 Å². The average molecular weight is 430 g/mol. The van der Waals surface area contributed by atoms with E-state index in [0.717, 1.165) is 15.0 Å². The van der Waals surface area contributed by atoms with Gasteiger partial charge in [-0.3, -0.25) is 4.79 Å². The number of thiophene rings is 1. The molecule has 1 saturated heterocycles. The highest BCUT2D eigenvalue weighted by Crippen LogP contribution is 2.38. The average Bonchev–Trinajstić information content (AvgIpc) is 3.14. The first-order chi connectivity index (χ1) is 14.5. The molecule has 4 rings (SSSR count). The van der Waals surface area contributed by atoms with E-state index in [4.69, 9.17) is 9.47 Å². The molecule has 0 spiro atoms. The Labute approximate surface area is 177 Å². The molecular weight excluding hydrogens is 407 g/mol. The molecule has 1 aliphatic heterocycles. The lowest BCUT2D eigenvalue weighted by molar-refractivity contribution is -0.162. The predicted octanol–water partition coefficient (Wildman–Crippen LogP) is 3.78. The van der Waals surface area contributed by atoms with Crippen LogP contribution < -0.4 is 4.74 Å². The van der Waals surface area contributed by atoms with E-state index in [1.165, 1.54) is 6.07 Å². The number of benzene rings is 2. The number of hydrogen-bond acceptors (Lipinski definition) is 6. The van der Waals surface area contributed by atoms with E-state index in [1.54, 1.807) is 24.3 Å². The standard InChI is InChI=1S/C23H23FO5S/c1-2-28-19-10-17(24)14(8-15-7-13-5-3-4-6-22(13)30-15)9-16(19)20-11-18(26)23(27)21(12-25)29-20/h3-7,9-10,18,20-21,25-26H,2,8,11-12H2,1H3/t18-,20-,21-/m1/s1. The van der Waals surface area contributed by atoms with Crippen molar-refractivity contribution in [1.29, 1.82) is 0 Å². The lowest BCUT2D eigenvalue weighted by Gasteiger charge is -2.32. The molecule has 3 atom stereocenters. The summed E-state index contributed by atoms with van der Waals surface area (Å²) < 4.78 is 27.4. The van der Waals surface area contributed by atoms with Crippen LogP contribution in [0.15, 0.2) is 42.5 Å². The molecule has 0 aliphatic carbocycles. The van der Waals surface area contributed by atoms with Crippen LogP contribution in [0.5, 0.6) is 5.75 Å². The zero-order chi connectivity index (χ0) is 21.3. The van der Waals surface area contributed by atoms with Gasteiger partial charge in [0, 0.05) is 34.0 Å². The summed E-state index contributed by atoms with van der Waals surface area (Å²) in [4.78, 5) is 13.0. The molecule has 0 amide bonds. The minimum atomic E-state index is -1.24. The fraction of sp³-hybridized carbons (Fsp3) is 0.348. The van der Waals surface area contributed by atoms with Crippen LogP contribution in [-0.2, 0) is 16.0 Å². The van der Waals surface area contributed by atoms with Crippen molar-refractivity contribution >= 4 is 27.2 Å². The Bertz CT molecular complexity index is 1030. The van der Waals surface area contributed by atoms with Crippen LogP contribution in [0.4, 0.5) is 4.39 Å². The number of rotatable bonds is 6. The van der Waals surface area contributed by atoms with Crippen molar-refractivity contribution in [1.82, 2.24) is 0 Å². The highest BCUT2D eigenvalue weighted by atomic mass is 32.1. The zero-order valence-electron chi connectivity index (χ0n) is 16.5. The second kappa shape index (κ2) is 8.81. The highest BCUT2D eigenvalue weighted by molar-refractivity contribution is 7.19. The molecule has 2 heterocycles. The monoisotopic (exact) mass is 430 g/mol. The van der Waals surface area contributed by atoms with Crippen LogP contribution >= 0.6 is 11.3 Å². The second-order valence-corrected chi connectivity index (χ2v) is 8.46. The van der Waals surface area contributed by atoms with Crippen molar-refractivity contribution < 1.29 is 28.9 Å². The van der Waals surface area contributed by atoms with Gasteiger partial charge in [0.15, 0.2) is 5.78 Å². The topological polar surface area (TPSA) is 76.0 Å². The van der Waals surface area contributed by atoms with Gasteiger partial charge < -0.3 is 19.7 Å². The van der Waals surface area contributed by atoms with Gasteiger partial charge in [0.05, 0.1) is 19.3 Å². The third kappa shape index (κ3) is 4.11. The number of halogens is 1. The maximum Gasteiger partial charge on any atom is 0.192 e. The number of ketones is 1. The lowest BCUT2D eigenvalue weighted by atomic mass is 9.93. The molecule has 2 N–H and O–H groups in total. The number of fused-ring (bicyclic) bond motifs is 1. The highest BCUT2D eigenvalue weighted by Gasteiger charge is 2.37. The van der Waals surface area contributed by atoms with E-state index >= 15 is 0 Å². The van der Waals surface area contributed by atoms with Crippen LogP contribution in [0.25, 0.3) is 10.1 Å². The Kier molecular flexibility index (Phi) is 6.15. The van der Waals surface area contributed by atoms with E-state index in [0.29, 0.717) is 29.9 Å². The van der Waals surface area contributed by atoms with Gasteiger partial charge in [-0.1, -0.05) is 18.2 Å². The molecule has 1 aliphatic rings. The number of carbonyl (C=O) groups is 1. The van der Waals surface area contributed by atoms with E-state index in [9.17, 15) is 19.4 Å². The first kappa shape index (κ1) is 20.9. The third-order valence-electron chi connectivity index (χ3n) is 5.24. The minimum absolute atomic E-state index is 0.0311. The summed E-state index contributed by atoms with van der Waals surface area (Å²) in [6, 6.07) is 13.1. The van der Waals surface area contributed by atoms with Crippen molar-refractivity contribution in [3.8, 4) is 5.75 Å². The van der Waals surface area contributed by atoms with Crippen LogP contribution in [0.1, 0.15) is 35.5 Å². The minimum Gasteiger partial charge on any atom is -0.493 e. The van der Waals surface area contributed by atoms with Gasteiger partial charge in [0.1, 0.15) is 23.8 Å². The van der Waals surface area contributed by atoms with Gasteiger partial charge >= 0.3 is 0 Å². The zero-order valence-corrected chi connectivity index (χ0v) is 17.3. The molecule has 2 aromatic carbocycles. The van der Waals surface area contributed by atoms with Gasteiger partial charge in [-0.2, -0.15) is 0 Å². The first-order valence-corrected chi connectivity index (χ1v) is 10.7. The fourth-order valence-corrected chi connectivity index (χ4v) is 4.87. The first-order valence-electron chi connectivity index (χ1n) is 9.90. The third-order valence-corrected chi connectivity index (χ3v) is 6.36. The number of ether oxygens (including phenoxy) is 2. The SMILES string of the molecule is CCOc1cc(F)c(Cc2cc3ccccc3s2)cc1[C@H]1C[C@@H](O)C(=O)[C@@H](CO)O1. The number of carbonyl (C=O) groups excluding carboxylic acids is 1. The van der Waals surface area contributed by atoms with Gasteiger partial charge in [-0.25, -0.2) is 4.39 Å². The Morgan fingerprint density at radius 3 is 2.80 bits per heavy atom. The molecule has 7 heteroatoms. The summed E-state index contributed by atoms with van der Waals surface area (Å²) in [5.41, 5.74) is 1.05. The normalized spacial score (nSPS) is 21.9. The maximum absolute atomic E-state index is 14.9. The molecule has 5 nitrogen and oxygen atoms in total. The van der Waals surface area contributed by atoms with Crippen LogP contribution in [0.2, 0.25) is 0 Å². The van der Waals surface area contributed by atoms with Gasteiger partial charge in [-0.05, 0) is 36.1 Å². The van der Waals surface area contributed by atoms with Crippen molar-refractivity contribution in [2.45, 2.75) is 38.1 Å². The van der Waals surface area contributed by atoms with Crippen LogP contribution in [-0.4, -0.2) is 41.4 Å². The molecule has 30 heavy (non-hydrogen) atoms. The van der Waals surface area contributed by atoms with Crippen LogP contribution in [0.3, 0.4) is 0 Å². The summed E-state index contributed by atoms with van der Waals surface area (Å²) in [5.74, 6) is -0.608. The Balaban J connectivity index is 1.69. The van der Waals surface area contributed by atoms with Gasteiger partial charge in [-0.15, -0.1) is 11.3 Å². The predicted molar refractivity (Wildman–Crippen MR) is 113 cm³/mol. The maximum atomic E-state index is 14.9. The van der Waals surface area contributed by atoms with Crippen molar-refractivity contribution in [3.05, 3.63) is 64.3 Å². The number of aliphatic hydroxyl groups excluding tert-OH is 2. The molecular formula is C23H23FO5S. The summed E-state index contributed by atoms with van der Waals surface area (Å²) in [6.45, 7) is 1.61. The largest absolute Gasteiger partial charge is 0.493 e. The molecule has 1 aromatic heterocycles. The molecule has 3 aromatic rings. The van der Waals surface area contributed by atoms with Crippen molar-refractivity contribution in [2.24, 2.45) is 0 Å². The Hall–Kier alpha value is -2.32. The summed E-state index contributed by atoms with van der Waals surface area (Å²) in [6.07, 6.45) is -2.60. The number of aliphatic hydroxyl groups is 2.